The number of aliphatic hydroxyl groups excluding tert-OH is 1. The zero-order valence-electron chi connectivity index (χ0n) is 11.4. The number of nitrogens with zero attached hydrogens (tertiary/aromatic N) is 2. The van der Waals surface area contributed by atoms with E-state index in [4.69, 9.17) is 14.7 Å². The molecule has 1 aromatic rings. The third-order valence-corrected chi connectivity index (χ3v) is 2.64. The van der Waals surface area contributed by atoms with Crippen LogP contribution in [0, 0.1) is 11.3 Å². The summed E-state index contributed by atoms with van der Waals surface area (Å²) >= 11 is 0. The maximum atomic E-state index is 9.83. The number of methoxy groups -OCH3 is 1. The number of aliphatic hydroxyl groups is 1. The summed E-state index contributed by atoms with van der Waals surface area (Å²) in [6.07, 6.45) is -0.576. The van der Waals surface area contributed by atoms with Crippen LogP contribution in [0.4, 0.5) is 5.69 Å². The van der Waals surface area contributed by atoms with E-state index in [-0.39, 0.29) is 6.61 Å². The molecule has 0 aromatic heterocycles. The molecule has 0 saturated heterocycles. The van der Waals surface area contributed by atoms with E-state index in [1.165, 1.54) is 0 Å². The molecule has 0 aliphatic carbocycles. The molecule has 104 valence electrons. The highest BCUT2D eigenvalue weighted by molar-refractivity contribution is 5.50. The third kappa shape index (κ3) is 5.71. The molecular formula is C14H20N2O3. The summed E-state index contributed by atoms with van der Waals surface area (Å²) in [5.74, 6) is 0. The zero-order chi connectivity index (χ0) is 14.1. The van der Waals surface area contributed by atoms with Crippen molar-refractivity contribution in [1.82, 2.24) is 0 Å². The fraction of sp³-hybridized carbons (Fsp3) is 0.500. The van der Waals surface area contributed by atoms with Crippen molar-refractivity contribution in [3.05, 3.63) is 29.8 Å². The Hall–Kier alpha value is -1.61. The van der Waals surface area contributed by atoms with E-state index in [1.807, 2.05) is 24.1 Å². The Morgan fingerprint density at radius 2 is 2.21 bits per heavy atom. The van der Waals surface area contributed by atoms with Gasteiger partial charge in [0, 0.05) is 26.4 Å². The molecule has 0 bridgehead atoms. The topological polar surface area (TPSA) is 65.7 Å². The van der Waals surface area contributed by atoms with Gasteiger partial charge in [-0.15, -0.1) is 0 Å². The summed E-state index contributed by atoms with van der Waals surface area (Å²) in [5.41, 5.74) is 1.50. The number of hydrogen-bond acceptors (Lipinski definition) is 5. The molecular weight excluding hydrogens is 244 g/mol. The van der Waals surface area contributed by atoms with Gasteiger partial charge in [0.15, 0.2) is 0 Å². The number of benzene rings is 1. The number of hydrogen-bond donors (Lipinski definition) is 1. The van der Waals surface area contributed by atoms with Crippen LogP contribution in [-0.2, 0) is 9.47 Å². The molecule has 1 rings (SSSR count). The van der Waals surface area contributed by atoms with Crippen LogP contribution < -0.4 is 4.90 Å². The standard InChI is InChI=1S/C14H20N2O3/c1-16(10-14(17)11-19-7-6-18-2)13-5-3-4-12(8-13)9-15/h3-5,8,14,17H,6-7,10-11H2,1-2H3. The van der Waals surface area contributed by atoms with E-state index < -0.39 is 6.10 Å². The predicted octanol–water partition coefficient (Wildman–Crippen LogP) is 1.02. The highest BCUT2D eigenvalue weighted by Crippen LogP contribution is 2.14. The van der Waals surface area contributed by atoms with E-state index in [1.54, 1.807) is 19.2 Å². The molecule has 0 saturated carbocycles. The predicted molar refractivity (Wildman–Crippen MR) is 73.1 cm³/mol. The van der Waals surface area contributed by atoms with Crippen molar-refractivity contribution < 1.29 is 14.6 Å². The molecule has 0 fully saturated rings. The smallest absolute Gasteiger partial charge is 0.0992 e. The zero-order valence-corrected chi connectivity index (χ0v) is 11.4. The molecule has 0 amide bonds. The van der Waals surface area contributed by atoms with Crippen LogP contribution in [0.25, 0.3) is 0 Å². The SMILES string of the molecule is COCCOCC(O)CN(C)c1cccc(C#N)c1. The van der Waals surface area contributed by atoms with Gasteiger partial charge < -0.3 is 19.5 Å². The van der Waals surface area contributed by atoms with Crippen molar-refractivity contribution in [3.63, 3.8) is 0 Å². The van der Waals surface area contributed by atoms with Crippen molar-refractivity contribution in [3.8, 4) is 6.07 Å². The van der Waals surface area contributed by atoms with Gasteiger partial charge in [-0.05, 0) is 18.2 Å². The fourth-order valence-electron chi connectivity index (χ4n) is 1.65. The maximum Gasteiger partial charge on any atom is 0.0992 e. The molecule has 1 N–H and O–H groups in total. The van der Waals surface area contributed by atoms with Gasteiger partial charge in [0.2, 0.25) is 0 Å². The van der Waals surface area contributed by atoms with Gasteiger partial charge in [0.1, 0.15) is 0 Å². The summed E-state index contributed by atoms with van der Waals surface area (Å²) < 4.78 is 10.1. The van der Waals surface area contributed by atoms with Crippen LogP contribution in [-0.4, -0.2) is 51.7 Å². The third-order valence-electron chi connectivity index (χ3n) is 2.64. The molecule has 19 heavy (non-hydrogen) atoms. The first kappa shape index (κ1) is 15.4. The lowest BCUT2D eigenvalue weighted by Crippen LogP contribution is -2.32. The van der Waals surface area contributed by atoms with Crippen LogP contribution >= 0.6 is 0 Å². The Morgan fingerprint density at radius 3 is 2.89 bits per heavy atom. The number of likely N-dealkylation sites (N-methyl/N-ethyl adjacent to an activating group) is 1. The lowest BCUT2D eigenvalue weighted by Gasteiger charge is -2.22. The number of ether oxygens (including phenoxy) is 2. The van der Waals surface area contributed by atoms with Crippen molar-refractivity contribution in [2.75, 3.05) is 45.4 Å². The Bertz CT molecular complexity index is 417. The van der Waals surface area contributed by atoms with Crippen molar-refractivity contribution in [1.29, 1.82) is 5.26 Å². The quantitative estimate of drug-likeness (QED) is 0.710. The highest BCUT2D eigenvalue weighted by Gasteiger charge is 2.09. The van der Waals surface area contributed by atoms with Crippen molar-refractivity contribution in [2.45, 2.75) is 6.10 Å². The molecule has 0 heterocycles. The molecule has 1 unspecified atom stereocenters. The molecule has 1 aromatic carbocycles. The molecule has 5 heteroatoms. The second-order valence-electron chi connectivity index (χ2n) is 4.26. The Kier molecular flexibility index (Phi) is 6.90. The molecule has 0 aliphatic heterocycles. The summed E-state index contributed by atoms with van der Waals surface area (Å²) in [5, 5.41) is 18.7. The summed E-state index contributed by atoms with van der Waals surface area (Å²) in [7, 11) is 3.48. The van der Waals surface area contributed by atoms with Gasteiger partial charge in [-0.3, -0.25) is 0 Å². The fourth-order valence-corrected chi connectivity index (χ4v) is 1.65. The van der Waals surface area contributed by atoms with Crippen molar-refractivity contribution in [2.24, 2.45) is 0 Å². The molecule has 0 aliphatic rings. The minimum atomic E-state index is -0.576. The van der Waals surface area contributed by atoms with E-state index in [0.29, 0.717) is 25.3 Å². The van der Waals surface area contributed by atoms with E-state index in [0.717, 1.165) is 5.69 Å². The van der Waals surface area contributed by atoms with Gasteiger partial charge in [-0.25, -0.2) is 0 Å². The van der Waals surface area contributed by atoms with Gasteiger partial charge in [-0.1, -0.05) is 6.07 Å². The van der Waals surface area contributed by atoms with Crippen LogP contribution in [0.1, 0.15) is 5.56 Å². The summed E-state index contributed by atoms with van der Waals surface area (Å²) in [6.45, 7) is 1.71. The molecule has 0 spiro atoms. The maximum absolute atomic E-state index is 9.83. The van der Waals surface area contributed by atoms with E-state index >= 15 is 0 Å². The first-order valence-corrected chi connectivity index (χ1v) is 6.13. The highest BCUT2D eigenvalue weighted by atomic mass is 16.5. The number of nitriles is 1. The van der Waals surface area contributed by atoms with Crippen LogP contribution in [0.3, 0.4) is 0 Å². The van der Waals surface area contributed by atoms with Gasteiger partial charge in [0.25, 0.3) is 0 Å². The normalized spacial score (nSPS) is 11.9. The first-order valence-electron chi connectivity index (χ1n) is 6.13. The summed E-state index contributed by atoms with van der Waals surface area (Å²) in [6, 6.07) is 9.37. The van der Waals surface area contributed by atoms with Crippen molar-refractivity contribution >= 4 is 5.69 Å². The lowest BCUT2D eigenvalue weighted by atomic mass is 10.2. The van der Waals surface area contributed by atoms with Crippen LogP contribution in [0.2, 0.25) is 0 Å². The van der Waals surface area contributed by atoms with Gasteiger partial charge >= 0.3 is 0 Å². The van der Waals surface area contributed by atoms with E-state index in [9.17, 15) is 5.11 Å². The van der Waals surface area contributed by atoms with Crippen LogP contribution in [0.15, 0.2) is 24.3 Å². The monoisotopic (exact) mass is 264 g/mol. The summed E-state index contributed by atoms with van der Waals surface area (Å²) in [4.78, 5) is 1.89. The first-order chi connectivity index (χ1) is 9.17. The van der Waals surface area contributed by atoms with E-state index in [2.05, 4.69) is 6.07 Å². The Morgan fingerprint density at radius 1 is 1.42 bits per heavy atom. The average molecular weight is 264 g/mol. The average Bonchev–Trinajstić information content (AvgIpc) is 2.43. The molecule has 1 atom stereocenters. The second-order valence-corrected chi connectivity index (χ2v) is 4.26. The Labute approximate surface area is 114 Å². The largest absolute Gasteiger partial charge is 0.389 e. The van der Waals surface area contributed by atoms with Gasteiger partial charge in [0.05, 0.1) is 37.6 Å². The second kappa shape index (κ2) is 8.48. The minimum Gasteiger partial charge on any atom is -0.389 e. The van der Waals surface area contributed by atoms with Crippen LogP contribution in [0.5, 0.6) is 0 Å². The lowest BCUT2D eigenvalue weighted by molar-refractivity contribution is 0.0164. The van der Waals surface area contributed by atoms with Gasteiger partial charge in [-0.2, -0.15) is 5.26 Å². The molecule has 5 nitrogen and oxygen atoms in total. The Balaban J connectivity index is 2.40. The number of anilines is 1. The minimum absolute atomic E-state index is 0.269. The molecule has 0 radical (unpaired) electrons. The number of rotatable bonds is 8.